The summed E-state index contributed by atoms with van der Waals surface area (Å²) in [6.07, 6.45) is 0.354. The summed E-state index contributed by atoms with van der Waals surface area (Å²) in [5, 5.41) is 6.05. The highest BCUT2D eigenvalue weighted by molar-refractivity contribution is 5.96. The highest BCUT2D eigenvalue weighted by Crippen LogP contribution is 2.17. The maximum Gasteiger partial charge on any atom is 0.246 e. The first kappa shape index (κ1) is 20.5. The summed E-state index contributed by atoms with van der Waals surface area (Å²) in [5.74, 6) is 0.0212. The van der Waals surface area contributed by atoms with Crippen LogP contribution < -0.4 is 15.5 Å². The van der Waals surface area contributed by atoms with Crippen LogP contribution in [0.3, 0.4) is 0 Å². The lowest BCUT2D eigenvalue weighted by molar-refractivity contribution is -0.121. The number of anilines is 2. The van der Waals surface area contributed by atoms with Gasteiger partial charge in [-0.2, -0.15) is 0 Å². The summed E-state index contributed by atoms with van der Waals surface area (Å²) < 4.78 is 0. The Hall–Kier alpha value is -2.82. The van der Waals surface area contributed by atoms with Crippen LogP contribution in [0.1, 0.15) is 33.3 Å². The fourth-order valence-corrected chi connectivity index (χ4v) is 2.88. The SMILES string of the molecule is CC(C)NC(=O)Cc1ccc(NCC(=O)N(c2ccccc2)C(C)C)cc1. The Kier molecular flexibility index (Phi) is 7.41. The second-order valence-electron chi connectivity index (χ2n) is 7.14. The van der Waals surface area contributed by atoms with Gasteiger partial charge in [0.25, 0.3) is 0 Å². The Labute approximate surface area is 161 Å². The van der Waals surface area contributed by atoms with E-state index in [9.17, 15) is 9.59 Å². The van der Waals surface area contributed by atoms with Gasteiger partial charge in [0.1, 0.15) is 0 Å². The maximum atomic E-state index is 12.7. The summed E-state index contributed by atoms with van der Waals surface area (Å²) in [7, 11) is 0. The van der Waals surface area contributed by atoms with E-state index in [-0.39, 0.29) is 30.4 Å². The van der Waals surface area contributed by atoms with Gasteiger partial charge in [0.2, 0.25) is 11.8 Å². The second kappa shape index (κ2) is 9.76. The van der Waals surface area contributed by atoms with Gasteiger partial charge in [-0.05, 0) is 57.5 Å². The van der Waals surface area contributed by atoms with Gasteiger partial charge in [-0.15, -0.1) is 0 Å². The van der Waals surface area contributed by atoms with Crippen molar-refractivity contribution >= 4 is 23.2 Å². The van der Waals surface area contributed by atoms with Crippen LogP contribution in [0, 0.1) is 0 Å². The minimum atomic E-state index is 0.0105. The molecule has 0 atom stereocenters. The molecule has 0 heterocycles. The highest BCUT2D eigenvalue weighted by Gasteiger charge is 2.18. The number of hydrogen-bond donors (Lipinski definition) is 2. The van der Waals surface area contributed by atoms with Gasteiger partial charge in [0.05, 0.1) is 13.0 Å². The van der Waals surface area contributed by atoms with Gasteiger partial charge in [-0.3, -0.25) is 9.59 Å². The first-order valence-corrected chi connectivity index (χ1v) is 9.36. The van der Waals surface area contributed by atoms with Crippen LogP contribution in [0.2, 0.25) is 0 Å². The predicted molar refractivity (Wildman–Crippen MR) is 111 cm³/mol. The molecular weight excluding hydrogens is 338 g/mol. The Balaban J connectivity index is 1.93. The standard InChI is InChI=1S/C22H29N3O2/c1-16(2)24-21(26)14-18-10-12-19(13-11-18)23-15-22(27)25(17(3)4)20-8-6-5-7-9-20/h5-13,16-17,23H,14-15H2,1-4H3,(H,24,26). The van der Waals surface area contributed by atoms with E-state index in [2.05, 4.69) is 10.6 Å². The van der Waals surface area contributed by atoms with Crippen LogP contribution in [0.4, 0.5) is 11.4 Å². The molecular formula is C22H29N3O2. The number of carbonyl (C=O) groups is 2. The van der Waals surface area contributed by atoms with Crippen LogP contribution >= 0.6 is 0 Å². The highest BCUT2D eigenvalue weighted by atomic mass is 16.2. The van der Waals surface area contributed by atoms with E-state index in [1.54, 1.807) is 4.90 Å². The molecule has 0 spiro atoms. The van der Waals surface area contributed by atoms with E-state index in [1.165, 1.54) is 0 Å². The van der Waals surface area contributed by atoms with Crippen molar-refractivity contribution in [2.45, 2.75) is 46.2 Å². The van der Waals surface area contributed by atoms with Crippen LogP contribution in [-0.2, 0) is 16.0 Å². The largest absolute Gasteiger partial charge is 0.376 e. The Morgan fingerprint density at radius 2 is 1.56 bits per heavy atom. The van der Waals surface area contributed by atoms with Crippen LogP contribution in [0.25, 0.3) is 0 Å². The molecule has 0 aromatic heterocycles. The first-order chi connectivity index (χ1) is 12.9. The summed E-state index contributed by atoms with van der Waals surface area (Å²) in [6, 6.07) is 17.5. The number of rotatable bonds is 8. The fourth-order valence-electron chi connectivity index (χ4n) is 2.88. The molecule has 0 fully saturated rings. The molecule has 2 rings (SSSR count). The van der Waals surface area contributed by atoms with Crippen LogP contribution in [0.15, 0.2) is 54.6 Å². The molecule has 0 saturated carbocycles. The van der Waals surface area contributed by atoms with E-state index in [0.29, 0.717) is 6.42 Å². The first-order valence-electron chi connectivity index (χ1n) is 9.36. The topological polar surface area (TPSA) is 61.4 Å². The smallest absolute Gasteiger partial charge is 0.246 e. The molecule has 2 amide bonds. The minimum absolute atomic E-state index is 0.0105. The summed E-state index contributed by atoms with van der Waals surface area (Å²) in [6.45, 7) is 8.10. The molecule has 144 valence electrons. The van der Waals surface area contributed by atoms with Crippen molar-refractivity contribution in [2.24, 2.45) is 0 Å². The van der Waals surface area contributed by atoms with Gasteiger partial charge < -0.3 is 15.5 Å². The van der Waals surface area contributed by atoms with Crippen LogP contribution in [0.5, 0.6) is 0 Å². The maximum absolute atomic E-state index is 12.7. The molecule has 0 unspecified atom stereocenters. The lowest BCUT2D eigenvalue weighted by Crippen LogP contribution is -2.40. The van der Waals surface area contributed by atoms with Crippen molar-refractivity contribution in [1.29, 1.82) is 0 Å². The molecule has 2 aromatic carbocycles. The van der Waals surface area contributed by atoms with E-state index < -0.39 is 0 Å². The molecule has 2 N–H and O–H groups in total. The van der Waals surface area contributed by atoms with Gasteiger partial charge >= 0.3 is 0 Å². The number of amides is 2. The normalized spacial score (nSPS) is 10.7. The second-order valence-corrected chi connectivity index (χ2v) is 7.14. The zero-order valence-electron chi connectivity index (χ0n) is 16.5. The molecule has 0 saturated heterocycles. The summed E-state index contributed by atoms with van der Waals surface area (Å²) in [5.41, 5.74) is 2.69. The zero-order valence-corrected chi connectivity index (χ0v) is 16.5. The third-order valence-corrected chi connectivity index (χ3v) is 4.03. The number of nitrogens with one attached hydrogen (secondary N) is 2. The van der Waals surface area contributed by atoms with Gasteiger partial charge in [-0.1, -0.05) is 30.3 Å². The summed E-state index contributed by atoms with van der Waals surface area (Å²) in [4.78, 5) is 26.3. The van der Waals surface area contributed by atoms with Crippen molar-refractivity contribution in [1.82, 2.24) is 5.32 Å². The van der Waals surface area contributed by atoms with Crippen molar-refractivity contribution in [3.8, 4) is 0 Å². The molecule has 2 aromatic rings. The average Bonchev–Trinajstić information content (AvgIpc) is 2.61. The van der Waals surface area contributed by atoms with E-state index in [0.717, 1.165) is 16.9 Å². The van der Waals surface area contributed by atoms with E-state index >= 15 is 0 Å². The Morgan fingerprint density at radius 3 is 2.11 bits per heavy atom. The van der Waals surface area contributed by atoms with Gasteiger partial charge in [0, 0.05) is 23.5 Å². The van der Waals surface area contributed by atoms with Crippen LogP contribution in [-0.4, -0.2) is 30.4 Å². The molecule has 0 radical (unpaired) electrons. The molecule has 0 bridgehead atoms. The predicted octanol–water partition coefficient (Wildman–Crippen LogP) is 3.61. The Morgan fingerprint density at radius 1 is 0.926 bits per heavy atom. The molecule has 5 nitrogen and oxygen atoms in total. The quantitative estimate of drug-likeness (QED) is 0.749. The number of benzene rings is 2. The zero-order chi connectivity index (χ0) is 19.8. The monoisotopic (exact) mass is 367 g/mol. The number of carbonyl (C=O) groups excluding carboxylic acids is 2. The molecule has 0 aliphatic rings. The number of para-hydroxylation sites is 1. The molecule has 27 heavy (non-hydrogen) atoms. The summed E-state index contributed by atoms with van der Waals surface area (Å²) >= 11 is 0. The van der Waals surface area contributed by atoms with Gasteiger partial charge in [-0.25, -0.2) is 0 Å². The van der Waals surface area contributed by atoms with E-state index in [4.69, 9.17) is 0 Å². The van der Waals surface area contributed by atoms with Crippen molar-refractivity contribution in [2.75, 3.05) is 16.8 Å². The minimum Gasteiger partial charge on any atom is -0.376 e. The molecule has 5 heteroatoms. The third kappa shape index (κ3) is 6.44. The lowest BCUT2D eigenvalue weighted by Gasteiger charge is -2.27. The molecule has 0 aliphatic carbocycles. The average molecular weight is 367 g/mol. The number of nitrogens with zero attached hydrogens (tertiary/aromatic N) is 1. The van der Waals surface area contributed by atoms with Crippen molar-refractivity contribution in [3.63, 3.8) is 0 Å². The molecule has 0 aliphatic heterocycles. The number of hydrogen-bond acceptors (Lipinski definition) is 3. The van der Waals surface area contributed by atoms with Crippen molar-refractivity contribution < 1.29 is 9.59 Å². The van der Waals surface area contributed by atoms with Crippen molar-refractivity contribution in [3.05, 3.63) is 60.2 Å². The Bertz CT molecular complexity index is 740. The third-order valence-electron chi connectivity index (χ3n) is 4.03. The van der Waals surface area contributed by atoms with Gasteiger partial charge in [0.15, 0.2) is 0 Å². The fraction of sp³-hybridized carbons (Fsp3) is 0.364. The van der Waals surface area contributed by atoms with E-state index in [1.807, 2.05) is 82.3 Å². The lowest BCUT2D eigenvalue weighted by atomic mass is 10.1.